The van der Waals surface area contributed by atoms with Gasteiger partial charge in [-0.3, -0.25) is 43.2 Å². The van der Waals surface area contributed by atoms with Crippen molar-refractivity contribution in [3.05, 3.63) is 110 Å². The number of aryl methyl sites for hydroxylation is 1. The van der Waals surface area contributed by atoms with Gasteiger partial charge in [-0.25, -0.2) is 18.9 Å². The molecule has 0 radical (unpaired) electrons. The summed E-state index contributed by atoms with van der Waals surface area (Å²) in [6, 6.07) is 12.1. The number of nitrogens with two attached hydrogens (primary N) is 1. The molecular weight excluding hydrogens is 1080 g/mol. The van der Waals surface area contributed by atoms with Crippen LogP contribution < -0.4 is 53.8 Å². The standard InChI is InChI=1S/C52H61FN14O15/c1-3-52(78)36-13-40-48-34(22-67(40)50(76)35(36)23-82-51(52)77)33(32-11-29(2)37(53)14-38(32)63-48)21-66-20-31(64-65-66)9-10-79-26-60-44(71)18-58-49(75)39(12-30-7-5-4-6-8-30)62-45(72)19-55-42(69)16-56-46(73)25-81-28-61-43(70)17-57-47(74)24-80-27-59-41(68)15-54/h4-8,11,13-14,20,39,78H,3,9-10,12,15-19,21-28,54H2,1-2H3,(H,55,69)(H,56,73)(H,57,74)(H,58,75)(H,59,68)(H,60,71)(H,61,70)(H,62,72)/t39-,52-/m0/s1. The summed E-state index contributed by atoms with van der Waals surface area (Å²) in [5.41, 5.74) is 7.05. The fraction of sp³-hybridized carbons (Fsp3) is 0.404. The van der Waals surface area contributed by atoms with Crippen LogP contribution in [-0.4, -0.2) is 162 Å². The number of pyridine rings is 2. The number of halogens is 1. The number of aromatic nitrogens is 5. The number of cyclic esters (lactones) is 1. The van der Waals surface area contributed by atoms with Crippen molar-refractivity contribution < 1.29 is 71.6 Å². The van der Waals surface area contributed by atoms with Gasteiger partial charge in [0.1, 0.15) is 51.9 Å². The molecule has 2 aromatic carbocycles. The van der Waals surface area contributed by atoms with Gasteiger partial charge in [0.05, 0.1) is 80.6 Å². The normalized spacial score (nSPS) is 14.3. The number of carbonyl (C=O) groups is 9. The molecule has 11 N–H and O–H groups in total. The van der Waals surface area contributed by atoms with Crippen LogP contribution in [0.5, 0.6) is 0 Å². The summed E-state index contributed by atoms with van der Waals surface area (Å²) < 4.78 is 38.9. The summed E-state index contributed by atoms with van der Waals surface area (Å²) >= 11 is 0. The molecule has 2 aliphatic rings. The average molecular weight is 1140 g/mol. The van der Waals surface area contributed by atoms with E-state index in [9.17, 15) is 53.1 Å². The number of hydrogen-bond donors (Lipinski definition) is 10. The maximum atomic E-state index is 15.0. The minimum Gasteiger partial charge on any atom is -0.458 e. The maximum Gasteiger partial charge on any atom is 0.343 e. The third-order valence-corrected chi connectivity index (χ3v) is 13.0. The van der Waals surface area contributed by atoms with Crippen molar-refractivity contribution >= 4 is 64.1 Å². The van der Waals surface area contributed by atoms with Crippen LogP contribution in [-0.2, 0) is 100 Å². The maximum absolute atomic E-state index is 15.0. The first-order valence-electron chi connectivity index (χ1n) is 25.7. The Kier molecular flexibility index (Phi) is 20.9. The molecule has 436 valence electrons. The number of fused-ring (bicyclic) bond motifs is 5. The van der Waals surface area contributed by atoms with E-state index in [-0.39, 0.29) is 76.7 Å². The van der Waals surface area contributed by atoms with Crippen LogP contribution in [0.2, 0.25) is 0 Å². The molecular formula is C52H61FN14O15. The molecule has 2 atom stereocenters. The average Bonchev–Trinajstić information content (AvgIpc) is 2.57. The lowest BCUT2D eigenvalue weighted by Crippen LogP contribution is -2.52. The number of carbonyl (C=O) groups excluding carboxylic acids is 9. The van der Waals surface area contributed by atoms with Gasteiger partial charge in [-0.05, 0) is 42.2 Å². The summed E-state index contributed by atoms with van der Waals surface area (Å²) in [7, 11) is 0. The van der Waals surface area contributed by atoms with Gasteiger partial charge in [-0.1, -0.05) is 42.5 Å². The first-order valence-corrected chi connectivity index (χ1v) is 25.7. The zero-order valence-corrected chi connectivity index (χ0v) is 44.6. The van der Waals surface area contributed by atoms with E-state index >= 15 is 4.39 Å². The van der Waals surface area contributed by atoms with E-state index < -0.39 is 122 Å². The van der Waals surface area contributed by atoms with E-state index in [1.54, 1.807) is 67.2 Å². The van der Waals surface area contributed by atoms with Crippen molar-refractivity contribution in [2.45, 2.75) is 64.4 Å². The largest absolute Gasteiger partial charge is 0.458 e. The van der Waals surface area contributed by atoms with Gasteiger partial charge in [0.25, 0.3) is 5.56 Å². The van der Waals surface area contributed by atoms with E-state index in [2.05, 4.69) is 52.8 Å². The number of nitrogens with one attached hydrogen (secondary N) is 8. The van der Waals surface area contributed by atoms with Gasteiger partial charge in [0.2, 0.25) is 47.3 Å². The Morgan fingerprint density at radius 2 is 1.41 bits per heavy atom. The monoisotopic (exact) mass is 1140 g/mol. The molecule has 5 aromatic rings. The second kappa shape index (κ2) is 28.4. The van der Waals surface area contributed by atoms with Crippen LogP contribution in [0.4, 0.5) is 4.39 Å². The number of amides is 8. The zero-order chi connectivity index (χ0) is 58.9. The summed E-state index contributed by atoms with van der Waals surface area (Å²) in [4.78, 5) is 130. The lowest BCUT2D eigenvalue weighted by Gasteiger charge is -2.31. The van der Waals surface area contributed by atoms with Gasteiger partial charge in [0.15, 0.2) is 5.60 Å². The quantitative estimate of drug-likeness (QED) is 0.0122. The Bertz CT molecular complexity index is 3300. The predicted molar refractivity (Wildman–Crippen MR) is 282 cm³/mol. The molecule has 3 aromatic heterocycles. The lowest BCUT2D eigenvalue weighted by atomic mass is 9.86. The van der Waals surface area contributed by atoms with Crippen LogP contribution in [0.15, 0.2) is 59.5 Å². The first kappa shape index (κ1) is 60.5. The number of hydrogen-bond acceptors (Lipinski definition) is 19. The number of benzene rings is 2. The van der Waals surface area contributed by atoms with Gasteiger partial charge in [-0.15, -0.1) is 5.10 Å². The van der Waals surface area contributed by atoms with Crippen LogP contribution in [0, 0.1) is 12.7 Å². The molecule has 7 rings (SSSR count). The van der Waals surface area contributed by atoms with Crippen LogP contribution in [0.25, 0.3) is 22.3 Å². The minimum absolute atomic E-state index is 0.0309. The molecule has 2 aliphatic heterocycles. The van der Waals surface area contributed by atoms with E-state index in [0.717, 1.165) is 0 Å². The van der Waals surface area contributed by atoms with Crippen molar-refractivity contribution in [2.75, 3.05) is 72.7 Å². The van der Waals surface area contributed by atoms with E-state index in [1.807, 2.05) is 0 Å². The highest BCUT2D eigenvalue weighted by Crippen LogP contribution is 2.40. The topological polar surface area (TPSA) is 399 Å². The molecule has 0 fully saturated rings. The second-order valence-corrected chi connectivity index (χ2v) is 18.7. The predicted octanol–water partition coefficient (Wildman–Crippen LogP) is -3.87. The number of rotatable bonds is 29. The molecule has 5 heterocycles. The van der Waals surface area contributed by atoms with E-state index in [4.69, 9.17) is 29.7 Å². The molecule has 29 nitrogen and oxygen atoms in total. The Morgan fingerprint density at radius 1 is 0.793 bits per heavy atom. The molecule has 0 saturated carbocycles. The van der Waals surface area contributed by atoms with E-state index in [0.29, 0.717) is 50.2 Å². The number of nitrogens with zero attached hydrogens (tertiary/aromatic N) is 5. The zero-order valence-electron chi connectivity index (χ0n) is 44.6. The molecule has 82 heavy (non-hydrogen) atoms. The highest BCUT2D eigenvalue weighted by molar-refractivity contribution is 5.93. The molecule has 8 amide bonds. The summed E-state index contributed by atoms with van der Waals surface area (Å²) in [6.07, 6.45) is 1.97. The third kappa shape index (κ3) is 15.8. The highest BCUT2D eigenvalue weighted by Gasteiger charge is 2.45. The molecule has 0 bridgehead atoms. The van der Waals surface area contributed by atoms with Crippen LogP contribution in [0.3, 0.4) is 0 Å². The van der Waals surface area contributed by atoms with Crippen molar-refractivity contribution in [2.24, 2.45) is 5.73 Å². The first-order chi connectivity index (χ1) is 39.4. The molecule has 0 spiro atoms. The van der Waals surface area contributed by atoms with E-state index in [1.165, 1.54) is 10.6 Å². The van der Waals surface area contributed by atoms with Gasteiger partial charge in [-0.2, -0.15) is 0 Å². The van der Waals surface area contributed by atoms with Crippen molar-refractivity contribution in [3.8, 4) is 11.4 Å². The Morgan fingerprint density at radius 3 is 2.09 bits per heavy atom. The smallest absolute Gasteiger partial charge is 0.343 e. The van der Waals surface area contributed by atoms with Crippen molar-refractivity contribution in [1.29, 1.82) is 0 Å². The molecule has 0 aliphatic carbocycles. The number of aliphatic hydroxyl groups is 1. The van der Waals surface area contributed by atoms with Gasteiger partial charge < -0.3 is 76.9 Å². The van der Waals surface area contributed by atoms with Crippen molar-refractivity contribution in [3.63, 3.8) is 0 Å². The highest BCUT2D eigenvalue weighted by atomic mass is 19.1. The summed E-state index contributed by atoms with van der Waals surface area (Å²) in [5, 5.41) is 39.6. The Labute approximate surface area is 465 Å². The molecule has 0 unspecified atom stereocenters. The van der Waals surface area contributed by atoms with Gasteiger partial charge in [0, 0.05) is 41.6 Å². The fourth-order valence-electron chi connectivity index (χ4n) is 8.59. The second-order valence-electron chi connectivity index (χ2n) is 18.7. The van der Waals surface area contributed by atoms with Crippen LogP contribution in [0.1, 0.15) is 52.4 Å². The van der Waals surface area contributed by atoms with Crippen LogP contribution >= 0.6 is 0 Å². The Hall–Kier alpha value is -9.10. The lowest BCUT2D eigenvalue weighted by molar-refractivity contribution is -0.172. The number of ether oxygens (including phenoxy) is 4. The summed E-state index contributed by atoms with van der Waals surface area (Å²) in [6.45, 7) is -0.829. The fourth-order valence-corrected chi connectivity index (χ4v) is 8.59. The van der Waals surface area contributed by atoms with Gasteiger partial charge >= 0.3 is 5.97 Å². The minimum atomic E-state index is -2.03. The Balaban J connectivity index is 0.819. The molecule has 30 heteroatoms. The number of esters is 1. The molecule has 0 saturated heterocycles. The third-order valence-electron chi connectivity index (χ3n) is 13.0. The van der Waals surface area contributed by atoms with Crippen molar-refractivity contribution in [1.82, 2.24) is 67.1 Å². The summed E-state index contributed by atoms with van der Waals surface area (Å²) in [5.74, 6) is -6.63. The SMILES string of the molecule is CC[C@@]1(O)C(=O)OCc2c1cc1n(c2=O)Cc2c-1nc1cc(F)c(C)cc1c2Cn1cc(CCOCNC(=O)CNC(=O)[C@H](Cc2ccccc2)NC(=O)CNC(=O)CNC(=O)COCNC(=O)CNC(=O)COCNC(=O)CN)nn1.